The molecule has 0 unspecified atom stereocenters. The van der Waals surface area contributed by atoms with Crippen molar-refractivity contribution < 1.29 is 148 Å². The molecule has 3 fully saturated rings. The number of aromatic hydroxyl groups is 1. The molecular weight excluding hydrogens is 1400 g/mol. The van der Waals surface area contributed by atoms with Crippen molar-refractivity contribution in [3.8, 4) is 5.75 Å². The quantitative estimate of drug-likeness (QED) is 0.0169. The van der Waals surface area contributed by atoms with Crippen LogP contribution in [0.4, 0.5) is 11.4 Å². The number of benzene rings is 2. The summed E-state index contributed by atoms with van der Waals surface area (Å²) in [6, 6.07) is -7.51. The van der Waals surface area contributed by atoms with E-state index in [0.717, 1.165) is 23.1 Å². The zero-order chi connectivity index (χ0) is 77.7. The molecule has 104 heavy (non-hydrogen) atoms. The van der Waals surface area contributed by atoms with Gasteiger partial charge in [-0.05, 0) is 61.8 Å². The Balaban J connectivity index is 1.37. The number of carbonyl (C=O) groups excluding carboxylic acids is 10. The number of nitrogen functional groups attached to an aromatic ring is 1. The molecule has 2 aromatic carbocycles. The molecule has 0 aromatic heterocycles. The number of nitro groups is 1. The lowest BCUT2D eigenvalue weighted by molar-refractivity contribution is -0.385. The topological polar surface area (TPSA) is 704 Å². The average Bonchev–Trinajstić information content (AvgIpc) is 0.838. The Bertz CT molecular complexity index is 3490. The second-order valence-corrected chi connectivity index (χ2v) is 24.9. The molecule has 0 bridgehead atoms. The molecule has 0 aliphatic carbocycles. The number of aliphatic hydroxyl groups is 7. The molecule has 574 valence electrons. The van der Waals surface area contributed by atoms with Gasteiger partial charge in [-0.2, -0.15) is 0 Å². The first-order valence-corrected chi connectivity index (χ1v) is 32.1. The van der Waals surface area contributed by atoms with Gasteiger partial charge in [0.2, 0.25) is 53.2 Å². The number of aliphatic carboxylic acids is 4. The molecule has 43 heteroatoms. The maximum atomic E-state index is 14.7. The third-order valence-electron chi connectivity index (χ3n) is 16.6. The molecule has 3 saturated heterocycles. The molecule has 0 radical (unpaired) electrons. The number of aliphatic hydroxyl groups excluding tert-OH is 7. The smallest absolute Gasteiger partial charge is 0.326 e. The van der Waals surface area contributed by atoms with Crippen LogP contribution in [0.25, 0.3) is 0 Å². The van der Waals surface area contributed by atoms with Crippen LogP contribution in [0.2, 0.25) is 0 Å². The maximum absolute atomic E-state index is 14.7. The molecule has 3 heterocycles. The summed E-state index contributed by atoms with van der Waals surface area (Å²) in [7, 11) is 0. The van der Waals surface area contributed by atoms with E-state index in [4.69, 9.17) is 25.7 Å². The minimum Gasteiger partial charge on any atom is -0.502 e. The molecule has 24 N–H and O–H groups in total. The van der Waals surface area contributed by atoms with Crippen molar-refractivity contribution in [3.63, 3.8) is 0 Å². The van der Waals surface area contributed by atoms with Crippen molar-refractivity contribution in [2.75, 3.05) is 25.5 Å². The fourth-order valence-electron chi connectivity index (χ4n) is 11.2. The van der Waals surface area contributed by atoms with Crippen LogP contribution in [-0.4, -0.2) is 283 Å². The number of amides is 10. The van der Waals surface area contributed by atoms with Crippen LogP contribution in [0.15, 0.2) is 42.5 Å². The molecule has 0 saturated carbocycles. The first kappa shape index (κ1) is 84.3. The van der Waals surface area contributed by atoms with Crippen molar-refractivity contribution in [2.45, 2.75) is 194 Å². The van der Waals surface area contributed by atoms with Crippen molar-refractivity contribution >= 4 is 94.3 Å². The van der Waals surface area contributed by atoms with Gasteiger partial charge in [0, 0.05) is 37.6 Å². The van der Waals surface area contributed by atoms with Crippen molar-refractivity contribution in [2.24, 2.45) is 11.7 Å². The van der Waals surface area contributed by atoms with Gasteiger partial charge in [-0.1, -0.05) is 32.0 Å². The molecule has 18 atom stereocenters. The third kappa shape index (κ3) is 23.8. The fraction of sp³-hybridized carbons (Fsp3) is 0.574. The Morgan fingerprint density at radius 2 is 1.19 bits per heavy atom. The van der Waals surface area contributed by atoms with E-state index >= 15 is 0 Å². The SMILES string of the molecule is CC(C)C[C@H](NC(=O)[C@@H]1CCCN1C(=O)[C@H](CCC(N)=O)NC(=O)[C@H](CC(=O)N[C@@H]1O[C@H](CO)[C@@H](O[C@@H]2O[C@H](CO)[C@H](O)[C@H](O)[C@H]2O)[C@H](O)[C@H]1O)NC(=O)c1ccccc1N)C(=O)N[C@@H](CC(=O)O)C(=O)N[C@@H](CCC(=O)O)C(=O)N[C@@H](Cc1ccc(O)c([N+](=O)[O-])c1)C(=O)N[C@@H](CC(=O)O)C(=O)O. The van der Waals surface area contributed by atoms with Gasteiger partial charge in [0.25, 0.3) is 5.91 Å². The number of likely N-dealkylation sites (tertiary alicyclic amines) is 1. The molecule has 10 amide bonds. The predicted molar refractivity (Wildman–Crippen MR) is 343 cm³/mol. The monoisotopic (exact) mass is 1480 g/mol. The summed E-state index contributed by atoms with van der Waals surface area (Å²) in [4.78, 5) is 199. The average molecular weight is 1480 g/mol. The maximum Gasteiger partial charge on any atom is 0.326 e. The number of carbonyl (C=O) groups is 14. The summed E-state index contributed by atoms with van der Waals surface area (Å²) in [6.07, 6.45) is -26.7. The van der Waals surface area contributed by atoms with E-state index in [9.17, 15) is 139 Å². The number of phenols is 1. The van der Waals surface area contributed by atoms with Gasteiger partial charge in [-0.15, -0.1) is 0 Å². The lowest BCUT2D eigenvalue weighted by Gasteiger charge is -2.46. The molecule has 43 nitrogen and oxygen atoms in total. The number of hydrogen-bond acceptors (Lipinski definition) is 28. The second kappa shape index (κ2) is 38.8. The van der Waals surface area contributed by atoms with Gasteiger partial charge < -0.3 is 134 Å². The first-order chi connectivity index (χ1) is 48.8. The second-order valence-electron chi connectivity index (χ2n) is 24.9. The highest BCUT2D eigenvalue weighted by Gasteiger charge is 2.51. The van der Waals surface area contributed by atoms with E-state index in [1.54, 1.807) is 13.8 Å². The van der Waals surface area contributed by atoms with E-state index < -0.39 is 279 Å². The zero-order valence-corrected chi connectivity index (χ0v) is 55.6. The number of carboxylic acid groups (broad SMARTS) is 4. The number of ether oxygens (including phenoxy) is 3. The molecule has 3 aliphatic rings. The lowest BCUT2D eigenvalue weighted by Crippen LogP contribution is -2.66. The number of nitrogens with one attached hydrogen (secondary N) is 8. The highest BCUT2D eigenvalue weighted by Crippen LogP contribution is 2.30. The first-order valence-electron chi connectivity index (χ1n) is 32.1. The minimum atomic E-state index is -2.19. The van der Waals surface area contributed by atoms with Crippen LogP contribution in [0.1, 0.15) is 94.0 Å². The highest BCUT2D eigenvalue weighted by molar-refractivity contribution is 6.03. The van der Waals surface area contributed by atoms with E-state index in [2.05, 4.69) is 37.2 Å². The normalized spacial score (nSPS) is 23.5. The number of carboxylic acids is 4. The number of primary amides is 1. The van der Waals surface area contributed by atoms with Crippen LogP contribution >= 0.6 is 0 Å². The lowest BCUT2D eigenvalue weighted by atomic mass is 9.96. The molecule has 2 aromatic rings. The van der Waals surface area contributed by atoms with Gasteiger partial charge in [-0.25, -0.2) is 4.79 Å². The summed E-state index contributed by atoms with van der Waals surface area (Å²) >= 11 is 0. The van der Waals surface area contributed by atoms with Crippen molar-refractivity contribution in [1.82, 2.24) is 47.4 Å². The summed E-state index contributed by atoms with van der Waals surface area (Å²) < 4.78 is 16.5. The van der Waals surface area contributed by atoms with E-state index in [0.29, 0.717) is 0 Å². The van der Waals surface area contributed by atoms with Crippen molar-refractivity contribution in [3.05, 3.63) is 63.7 Å². The van der Waals surface area contributed by atoms with E-state index in [1.165, 1.54) is 24.3 Å². The number of nitrogens with two attached hydrogens (primary N) is 2. The number of phenolic OH excluding ortho intramolecular Hbond substituents is 1. The summed E-state index contributed by atoms with van der Waals surface area (Å²) in [5.41, 5.74) is 10.1. The van der Waals surface area contributed by atoms with Gasteiger partial charge >= 0.3 is 29.6 Å². The summed E-state index contributed by atoms with van der Waals surface area (Å²) in [5.74, 6) is -20.7. The zero-order valence-electron chi connectivity index (χ0n) is 55.6. The Morgan fingerprint density at radius 1 is 0.635 bits per heavy atom. The van der Waals surface area contributed by atoms with Gasteiger partial charge in [0.1, 0.15) is 97.2 Å². The van der Waals surface area contributed by atoms with Gasteiger partial charge in [-0.3, -0.25) is 72.4 Å². The van der Waals surface area contributed by atoms with E-state index in [-0.39, 0.29) is 42.6 Å². The van der Waals surface area contributed by atoms with Crippen LogP contribution in [0, 0.1) is 16.0 Å². The largest absolute Gasteiger partial charge is 0.502 e. The number of anilines is 1. The van der Waals surface area contributed by atoms with Crippen molar-refractivity contribution in [1.29, 1.82) is 0 Å². The molecule has 5 rings (SSSR count). The van der Waals surface area contributed by atoms with Crippen LogP contribution < -0.4 is 54.0 Å². The highest BCUT2D eigenvalue weighted by atomic mass is 16.7. The molecular formula is C61H84N12O31. The van der Waals surface area contributed by atoms with Crippen LogP contribution in [-0.2, 0) is 83.0 Å². The third-order valence-corrected chi connectivity index (χ3v) is 16.6. The minimum absolute atomic E-state index is 0.0655. The Kier molecular flexibility index (Phi) is 31.4. The number of nitrogens with zero attached hydrogens (tertiary/aromatic N) is 2. The Morgan fingerprint density at radius 3 is 1.78 bits per heavy atom. The molecule has 0 spiro atoms. The van der Waals surface area contributed by atoms with E-state index in [1.807, 2.05) is 5.32 Å². The predicted octanol–water partition coefficient (Wildman–Crippen LogP) is -8.54. The molecule has 3 aliphatic heterocycles. The summed E-state index contributed by atoms with van der Waals surface area (Å²) in [6.45, 7) is 0.989. The van der Waals surface area contributed by atoms with Gasteiger partial charge in [0.05, 0.1) is 43.0 Å². The van der Waals surface area contributed by atoms with Gasteiger partial charge in [0.15, 0.2) is 18.3 Å². The fourth-order valence-corrected chi connectivity index (χ4v) is 11.2. The van der Waals surface area contributed by atoms with Crippen LogP contribution in [0.3, 0.4) is 0 Å². The van der Waals surface area contributed by atoms with Crippen LogP contribution in [0.5, 0.6) is 5.75 Å². The number of rotatable bonds is 38. The Labute approximate surface area is 588 Å². The summed E-state index contributed by atoms with van der Waals surface area (Å²) in [5, 5.41) is 151. The Hall–Kier alpha value is -10.4. The number of nitro benzene ring substituents is 1. The standard InChI is InChI=1S/C61H84N12O31/c1-24(2)16-30(53(92)68-33(20-43(81)82)56(95)64-28(11-14-42(79)80)52(91)67-31(54(93)70-34(60(98)99)21-44(83)84)17-25-9-12-37(76)36(18-25)73(100)101)69-57(96)35-8-5-15-72(35)59(97)29(10-13-40(63)77)65-55(94)32(66-51(90)26-6-3-4-7-27(26)62)19-41(78)71-58-48(88)47(87)50(39(23-75)102-58)104-61-49(89)46(86)45(85)38(22-74)103-61/h3-4,6-7,9,12,18,24,28-35,38-39,45-50,58,61,74-76,85-89H,5,8,10-11,13-17,19-23,62H2,1-2H3,(H2,63,77)(H,64,95)(H,65,94)(H,66,90)(H,67,91)(H,68,92)(H,69,96)(H,70,93)(H,71,78)(H,79,80)(H,81,82)(H,83,84)(H,98,99)/t28-,29-,30-,31-,32-,33-,34-,35-,38+,39+,45-,46-,47+,48+,49+,50+,58+,61-/m0/s1. The number of para-hydroxylation sites is 1. The number of hydrogen-bond donors (Lipinski definition) is 22.